The summed E-state index contributed by atoms with van der Waals surface area (Å²) in [5.74, 6) is 0.671. The molecule has 146 valence electrons. The zero-order valence-electron chi connectivity index (χ0n) is 15.8. The summed E-state index contributed by atoms with van der Waals surface area (Å²) < 4.78 is 16.8. The Morgan fingerprint density at radius 2 is 1.54 bits per heavy atom. The molecule has 3 rings (SSSR count). The maximum absolute atomic E-state index is 10.9. The van der Waals surface area contributed by atoms with Gasteiger partial charge in [-0.3, -0.25) is 0 Å². The summed E-state index contributed by atoms with van der Waals surface area (Å²) in [7, 11) is 3.12. The molecular formula is C23H23ClO4. The third-order valence-corrected chi connectivity index (χ3v) is 4.72. The molecule has 0 aliphatic rings. The predicted octanol–water partition coefficient (Wildman–Crippen LogP) is 5.29. The van der Waals surface area contributed by atoms with E-state index in [-0.39, 0.29) is 0 Å². The van der Waals surface area contributed by atoms with E-state index < -0.39 is 12.4 Å². The van der Waals surface area contributed by atoms with Crippen molar-refractivity contribution in [2.75, 3.05) is 14.2 Å². The first-order valence-electron chi connectivity index (χ1n) is 8.92. The van der Waals surface area contributed by atoms with Gasteiger partial charge in [-0.15, -0.1) is 0 Å². The Bertz CT molecular complexity index is 877. The number of rotatable bonds is 8. The van der Waals surface area contributed by atoms with Crippen LogP contribution in [0.25, 0.3) is 0 Å². The van der Waals surface area contributed by atoms with Crippen molar-refractivity contribution in [1.82, 2.24) is 0 Å². The minimum atomic E-state index is -0.844. The van der Waals surface area contributed by atoms with Crippen molar-refractivity contribution in [1.29, 1.82) is 0 Å². The third kappa shape index (κ3) is 4.91. The second kappa shape index (κ2) is 9.71. The van der Waals surface area contributed by atoms with E-state index in [0.717, 1.165) is 11.1 Å². The van der Waals surface area contributed by atoms with Crippen LogP contribution in [0.5, 0.6) is 5.75 Å². The van der Waals surface area contributed by atoms with E-state index in [0.29, 0.717) is 28.5 Å². The number of benzene rings is 3. The van der Waals surface area contributed by atoms with Crippen LogP contribution in [0.3, 0.4) is 0 Å². The second-order valence-corrected chi connectivity index (χ2v) is 6.76. The van der Waals surface area contributed by atoms with E-state index >= 15 is 0 Å². The van der Waals surface area contributed by atoms with Gasteiger partial charge in [0.1, 0.15) is 18.5 Å². The minimum absolute atomic E-state index is 0.448. The predicted molar refractivity (Wildman–Crippen MR) is 109 cm³/mol. The fourth-order valence-corrected chi connectivity index (χ4v) is 3.14. The van der Waals surface area contributed by atoms with Gasteiger partial charge in [0.2, 0.25) is 0 Å². The molecule has 1 unspecified atom stereocenters. The highest BCUT2D eigenvalue weighted by Crippen LogP contribution is 2.33. The van der Waals surface area contributed by atoms with Crippen LogP contribution >= 0.6 is 11.6 Å². The van der Waals surface area contributed by atoms with Crippen LogP contribution < -0.4 is 4.74 Å². The molecule has 3 aromatic carbocycles. The first-order valence-corrected chi connectivity index (χ1v) is 9.30. The topological polar surface area (TPSA) is 47.9 Å². The van der Waals surface area contributed by atoms with Crippen LogP contribution in [-0.4, -0.2) is 19.3 Å². The summed E-state index contributed by atoms with van der Waals surface area (Å²) in [5, 5.41) is 11.5. The lowest BCUT2D eigenvalue weighted by molar-refractivity contribution is -0.107. The maximum atomic E-state index is 10.9. The van der Waals surface area contributed by atoms with Crippen LogP contribution in [0.2, 0.25) is 5.02 Å². The number of aliphatic hydroxyl groups excluding tert-OH is 1. The molecule has 4 nitrogen and oxygen atoms in total. The Kier molecular flexibility index (Phi) is 7.06. The molecule has 0 saturated carbocycles. The Hall–Kier alpha value is -2.37. The van der Waals surface area contributed by atoms with E-state index in [1.54, 1.807) is 38.5 Å². The molecule has 1 atom stereocenters. The van der Waals surface area contributed by atoms with E-state index in [2.05, 4.69) is 0 Å². The maximum Gasteiger partial charge on any atom is 0.183 e. The molecule has 3 aromatic rings. The Labute approximate surface area is 170 Å². The van der Waals surface area contributed by atoms with Crippen LogP contribution in [-0.2, 0) is 16.1 Å². The largest absolute Gasteiger partial charge is 0.489 e. The van der Waals surface area contributed by atoms with Gasteiger partial charge in [0, 0.05) is 24.8 Å². The SMILES string of the molecule is COC(OC)c1cc(OCc2ccccc2)ccc1C(O)c1ccc(Cl)cc1. The number of aliphatic hydroxyl groups is 1. The van der Waals surface area contributed by atoms with Gasteiger partial charge < -0.3 is 19.3 Å². The quantitative estimate of drug-likeness (QED) is 0.523. The Morgan fingerprint density at radius 1 is 0.857 bits per heavy atom. The normalized spacial score (nSPS) is 12.2. The molecule has 0 fully saturated rings. The molecular weight excluding hydrogens is 376 g/mol. The molecule has 0 aliphatic heterocycles. The van der Waals surface area contributed by atoms with E-state index in [4.69, 9.17) is 25.8 Å². The standard InChI is InChI=1S/C23H23ClO4/c1-26-23(27-2)21-14-19(28-15-16-6-4-3-5-7-16)12-13-20(21)22(25)17-8-10-18(24)11-9-17/h3-14,22-23,25H,15H2,1-2H3. The van der Waals surface area contributed by atoms with Gasteiger partial charge in [-0.2, -0.15) is 0 Å². The van der Waals surface area contributed by atoms with Crippen molar-refractivity contribution in [3.8, 4) is 5.75 Å². The molecule has 0 aliphatic carbocycles. The van der Waals surface area contributed by atoms with Crippen LogP contribution in [0.15, 0.2) is 72.8 Å². The van der Waals surface area contributed by atoms with E-state index in [1.165, 1.54) is 0 Å². The van der Waals surface area contributed by atoms with Gasteiger partial charge in [-0.1, -0.05) is 60.1 Å². The molecule has 5 heteroatoms. The average Bonchev–Trinajstić information content (AvgIpc) is 2.74. The summed E-state index contributed by atoms with van der Waals surface area (Å²) in [6.07, 6.45) is -1.47. The minimum Gasteiger partial charge on any atom is -0.489 e. The zero-order chi connectivity index (χ0) is 19.9. The van der Waals surface area contributed by atoms with Crippen molar-refractivity contribution in [3.05, 3.63) is 100 Å². The molecule has 0 amide bonds. The van der Waals surface area contributed by atoms with E-state index in [1.807, 2.05) is 48.5 Å². The third-order valence-electron chi connectivity index (χ3n) is 4.47. The second-order valence-electron chi connectivity index (χ2n) is 6.32. The zero-order valence-corrected chi connectivity index (χ0v) is 16.6. The molecule has 0 spiro atoms. The monoisotopic (exact) mass is 398 g/mol. The van der Waals surface area contributed by atoms with Crippen molar-refractivity contribution in [3.63, 3.8) is 0 Å². The lowest BCUT2D eigenvalue weighted by atomic mass is 9.96. The molecule has 0 aromatic heterocycles. The summed E-state index contributed by atoms with van der Waals surface area (Å²) >= 11 is 5.96. The average molecular weight is 399 g/mol. The summed E-state index contributed by atoms with van der Waals surface area (Å²) in [6, 6.07) is 22.5. The number of halogens is 1. The van der Waals surface area contributed by atoms with Gasteiger partial charge >= 0.3 is 0 Å². The Morgan fingerprint density at radius 3 is 2.18 bits per heavy atom. The highest BCUT2D eigenvalue weighted by Gasteiger charge is 2.21. The molecule has 1 N–H and O–H groups in total. The highest BCUT2D eigenvalue weighted by molar-refractivity contribution is 6.30. The van der Waals surface area contributed by atoms with Crippen molar-refractivity contribution in [2.24, 2.45) is 0 Å². The molecule has 28 heavy (non-hydrogen) atoms. The van der Waals surface area contributed by atoms with Crippen molar-refractivity contribution < 1.29 is 19.3 Å². The van der Waals surface area contributed by atoms with Gasteiger partial charge in [0.05, 0.1) is 0 Å². The molecule has 0 saturated heterocycles. The fourth-order valence-electron chi connectivity index (χ4n) is 3.01. The van der Waals surface area contributed by atoms with Crippen molar-refractivity contribution >= 4 is 11.6 Å². The van der Waals surface area contributed by atoms with Gasteiger partial charge in [0.25, 0.3) is 0 Å². The van der Waals surface area contributed by atoms with E-state index in [9.17, 15) is 5.11 Å². The summed E-state index contributed by atoms with van der Waals surface area (Å²) in [6.45, 7) is 0.448. The van der Waals surface area contributed by atoms with Crippen LogP contribution in [0.1, 0.15) is 34.6 Å². The van der Waals surface area contributed by atoms with Gasteiger partial charge in [-0.25, -0.2) is 0 Å². The summed E-state index contributed by atoms with van der Waals surface area (Å²) in [4.78, 5) is 0. The van der Waals surface area contributed by atoms with Crippen LogP contribution in [0.4, 0.5) is 0 Å². The highest BCUT2D eigenvalue weighted by atomic mass is 35.5. The lowest BCUT2D eigenvalue weighted by Crippen LogP contribution is -2.11. The fraction of sp³-hybridized carbons (Fsp3) is 0.217. The lowest BCUT2D eigenvalue weighted by Gasteiger charge is -2.22. The molecule has 0 heterocycles. The number of methoxy groups -OCH3 is 2. The van der Waals surface area contributed by atoms with Gasteiger partial charge in [0.15, 0.2) is 6.29 Å². The van der Waals surface area contributed by atoms with Crippen LogP contribution in [0, 0.1) is 0 Å². The number of hydrogen-bond donors (Lipinski definition) is 1. The molecule has 0 bridgehead atoms. The first-order chi connectivity index (χ1) is 13.6. The smallest absolute Gasteiger partial charge is 0.183 e. The number of hydrogen-bond acceptors (Lipinski definition) is 4. The van der Waals surface area contributed by atoms with Gasteiger partial charge in [-0.05, 0) is 41.0 Å². The molecule has 0 radical (unpaired) electrons. The first kappa shape index (κ1) is 20.4. The number of ether oxygens (including phenoxy) is 3. The summed E-state index contributed by atoms with van der Waals surface area (Å²) in [5.41, 5.74) is 3.19. The Balaban J connectivity index is 1.89. The van der Waals surface area contributed by atoms with Crippen molar-refractivity contribution in [2.45, 2.75) is 19.0 Å².